The van der Waals surface area contributed by atoms with Crippen LogP contribution in [0.1, 0.15) is 93.8 Å². The molecule has 0 radical (unpaired) electrons. The van der Waals surface area contributed by atoms with Gasteiger partial charge in [-0.3, -0.25) is 9.55 Å². The zero-order valence-electron chi connectivity index (χ0n) is 21.9. The van der Waals surface area contributed by atoms with Gasteiger partial charge in [0.15, 0.2) is 5.82 Å². The largest absolute Gasteiger partial charge is 0.528 e. The van der Waals surface area contributed by atoms with Crippen LogP contribution in [0.15, 0.2) is 36.4 Å². The number of aryl methyl sites for hydroxylation is 1. The molecule has 1 aliphatic heterocycles. The number of fused-ring (bicyclic) bond motifs is 3. The lowest BCUT2D eigenvalue weighted by atomic mass is 9.80. The molecule has 0 unspecified atom stereocenters. The summed E-state index contributed by atoms with van der Waals surface area (Å²) in [7, 11) is 0. The van der Waals surface area contributed by atoms with Gasteiger partial charge < -0.3 is 9.57 Å². The smallest absolute Gasteiger partial charge is 0.427 e. The number of nitrogens with zero attached hydrogens (tertiary/aromatic N) is 5. The van der Waals surface area contributed by atoms with Crippen LogP contribution in [0, 0.1) is 0 Å². The Morgan fingerprint density at radius 3 is 2.54 bits per heavy atom. The molecule has 8 nitrogen and oxygen atoms in total. The first-order chi connectivity index (χ1) is 17.7. The van der Waals surface area contributed by atoms with Crippen LogP contribution in [-0.2, 0) is 29.1 Å². The molecule has 2 aliphatic rings. The molecule has 0 saturated heterocycles. The van der Waals surface area contributed by atoms with Crippen LogP contribution in [0.25, 0.3) is 5.69 Å². The quantitative estimate of drug-likeness (QED) is 0.361. The van der Waals surface area contributed by atoms with Gasteiger partial charge in [0.2, 0.25) is 0 Å². The lowest BCUT2D eigenvalue weighted by molar-refractivity contribution is -0.155. The summed E-state index contributed by atoms with van der Waals surface area (Å²) in [6, 6.07) is 12.2. The first kappa shape index (κ1) is 25.7. The SMILES string of the molecule is CCc1cccc([C@H]2CC[C@H](c3nnc4n3-c3ccc(Cl)cc3CN(OC(=O)OC(C)(C)C)C4)CC2)n1. The van der Waals surface area contributed by atoms with Gasteiger partial charge in [-0.2, -0.15) is 0 Å². The average Bonchev–Trinajstić information content (AvgIpc) is 3.19. The highest BCUT2D eigenvalue weighted by Gasteiger charge is 2.32. The first-order valence-corrected chi connectivity index (χ1v) is 13.4. The number of carbonyl (C=O) groups excluding carboxylic acids is 1. The highest BCUT2D eigenvalue weighted by Crippen LogP contribution is 2.41. The number of rotatable bonds is 4. The minimum absolute atomic E-state index is 0.286. The standard InChI is InChI=1S/C28H34ClN5O3/c1-5-22-7-6-8-23(30-22)18-9-11-19(12-10-18)26-32-31-25-17-33(37-27(35)36-28(2,3)4)16-20-15-21(29)13-14-24(20)34(25)26/h6-8,13-15,18-19H,5,9-12,16-17H2,1-4H3/t18-,19-. The number of hydroxylamine groups is 2. The van der Waals surface area contributed by atoms with Crippen molar-refractivity contribution in [1.82, 2.24) is 24.8 Å². The molecule has 9 heteroatoms. The third-order valence-corrected chi connectivity index (χ3v) is 7.23. The Labute approximate surface area is 222 Å². The summed E-state index contributed by atoms with van der Waals surface area (Å²) in [6.07, 6.45) is 4.36. The van der Waals surface area contributed by atoms with E-state index in [-0.39, 0.29) is 5.92 Å². The second kappa shape index (κ2) is 10.4. The van der Waals surface area contributed by atoms with Gasteiger partial charge in [0.25, 0.3) is 0 Å². The number of hydrogen-bond donors (Lipinski definition) is 0. The summed E-state index contributed by atoms with van der Waals surface area (Å²) in [5.74, 6) is 2.43. The van der Waals surface area contributed by atoms with Gasteiger partial charge in [0.1, 0.15) is 11.4 Å². The number of aromatic nitrogens is 4. The molecule has 1 aromatic carbocycles. The van der Waals surface area contributed by atoms with Crippen LogP contribution in [0.5, 0.6) is 0 Å². The van der Waals surface area contributed by atoms with Crippen molar-refractivity contribution in [2.24, 2.45) is 0 Å². The summed E-state index contributed by atoms with van der Waals surface area (Å²) < 4.78 is 7.50. The molecule has 0 bridgehead atoms. The van der Waals surface area contributed by atoms with Gasteiger partial charge >= 0.3 is 6.16 Å². The van der Waals surface area contributed by atoms with Crippen molar-refractivity contribution in [1.29, 1.82) is 0 Å². The fraction of sp³-hybridized carbons (Fsp3) is 0.500. The van der Waals surface area contributed by atoms with Crippen LogP contribution in [0.2, 0.25) is 5.02 Å². The monoisotopic (exact) mass is 523 g/mol. The van der Waals surface area contributed by atoms with E-state index in [4.69, 9.17) is 26.2 Å². The molecule has 1 saturated carbocycles. The third kappa shape index (κ3) is 5.80. The van der Waals surface area contributed by atoms with Crippen LogP contribution < -0.4 is 0 Å². The Balaban J connectivity index is 1.39. The predicted molar refractivity (Wildman–Crippen MR) is 140 cm³/mol. The zero-order chi connectivity index (χ0) is 26.2. The Morgan fingerprint density at radius 2 is 1.81 bits per heavy atom. The average molecular weight is 524 g/mol. The second-order valence-corrected chi connectivity index (χ2v) is 11.3. The van der Waals surface area contributed by atoms with E-state index >= 15 is 0 Å². The van der Waals surface area contributed by atoms with Gasteiger partial charge in [0.05, 0.1) is 18.8 Å². The summed E-state index contributed by atoms with van der Waals surface area (Å²) in [4.78, 5) is 22.9. The Hall–Kier alpha value is -2.97. The van der Waals surface area contributed by atoms with Crippen LogP contribution >= 0.6 is 11.6 Å². The number of ether oxygens (including phenoxy) is 1. The summed E-state index contributed by atoms with van der Waals surface area (Å²) in [5.41, 5.74) is 3.60. The molecular formula is C28H34ClN5O3. The number of hydrogen-bond acceptors (Lipinski definition) is 7. The molecule has 2 aromatic heterocycles. The van der Waals surface area contributed by atoms with Crippen molar-refractivity contribution < 1.29 is 14.4 Å². The number of carbonyl (C=O) groups is 1. The molecule has 0 N–H and O–H groups in total. The van der Waals surface area contributed by atoms with E-state index in [0.717, 1.165) is 60.7 Å². The molecule has 0 spiro atoms. The number of pyridine rings is 1. The van der Waals surface area contributed by atoms with Gasteiger partial charge in [0, 0.05) is 28.2 Å². The normalized spacial score (nSPS) is 20.0. The van der Waals surface area contributed by atoms with Crippen LogP contribution in [-0.4, -0.2) is 36.6 Å². The maximum Gasteiger partial charge on any atom is 0.528 e. The topological polar surface area (TPSA) is 82.4 Å². The van der Waals surface area contributed by atoms with Gasteiger partial charge in [-0.05, 0) is 88.8 Å². The molecule has 1 fully saturated rings. The van der Waals surface area contributed by atoms with Gasteiger partial charge in [-0.15, -0.1) is 15.3 Å². The maximum atomic E-state index is 12.4. The summed E-state index contributed by atoms with van der Waals surface area (Å²) in [5, 5.41) is 11.4. The molecule has 1 aliphatic carbocycles. The van der Waals surface area contributed by atoms with Crippen molar-refractivity contribution in [2.75, 3.05) is 0 Å². The minimum atomic E-state index is -0.747. The Morgan fingerprint density at radius 1 is 1.05 bits per heavy atom. The maximum absolute atomic E-state index is 12.4. The lowest BCUT2D eigenvalue weighted by Crippen LogP contribution is -2.31. The van der Waals surface area contributed by atoms with E-state index in [9.17, 15) is 4.79 Å². The zero-order valence-corrected chi connectivity index (χ0v) is 22.7. The van der Waals surface area contributed by atoms with Crippen molar-refractivity contribution in [2.45, 2.75) is 90.3 Å². The predicted octanol–water partition coefficient (Wildman–Crippen LogP) is 6.50. The summed E-state index contributed by atoms with van der Waals surface area (Å²) in [6.45, 7) is 8.22. The summed E-state index contributed by atoms with van der Waals surface area (Å²) >= 11 is 6.36. The van der Waals surface area contributed by atoms with Crippen molar-refractivity contribution in [3.63, 3.8) is 0 Å². The molecule has 3 aromatic rings. The van der Waals surface area contributed by atoms with E-state index < -0.39 is 11.8 Å². The number of benzene rings is 1. The highest BCUT2D eigenvalue weighted by molar-refractivity contribution is 6.30. The molecule has 0 amide bonds. The van der Waals surface area contributed by atoms with E-state index in [2.05, 4.69) is 39.9 Å². The van der Waals surface area contributed by atoms with E-state index in [1.807, 2.05) is 18.2 Å². The van der Waals surface area contributed by atoms with Gasteiger partial charge in [-0.25, -0.2) is 4.79 Å². The number of halogens is 1. The van der Waals surface area contributed by atoms with Crippen molar-refractivity contribution >= 4 is 17.8 Å². The van der Waals surface area contributed by atoms with Crippen LogP contribution in [0.3, 0.4) is 0 Å². The first-order valence-electron chi connectivity index (χ1n) is 13.0. The molecule has 37 heavy (non-hydrogen) atoms. The van der Waals surface area contributed by atoms with Crippen molar-refractivity contribution in [3.05, 3.63) is 70.0 Å². The lowest BCUT2D eigenvalue weighted by Gasteiger charge is -2.28. The molecule has 5 rings (SSSR count). The molecule has 196 valence electrons. The Kier molecular flexibility index (Phi) is 7.23. The molecule has 0 atom stereocenters. The molecular weight excluding hydrogens is 490 g/mol. The fourth-order valence-corrected chi connectivity index (χ4v) is 5.47. The second-order valence-electron chi connectivity index (χ2n) is 10.9. The highest BCUT2D eigenvalue weighted by atomic mass is 35.5. The minimum Gasteiger partial charge on any atom is -0.427 e. The van der Waals surface area contributed by atoms with Gasteiger partial charge in [-0.1, -0.05) is 24.6 Å². The van der Waals surface area contributed by atoms with Crippen molar-refractivity contribution in [3.8, 4) is 5.69 Å². The third-order valence-electron chi connectivity index (χ3n) is 7.00. The van der Waals surface area contributed by atoms with Crippen LogP contribution in [0.4, 0.5) is 4.79 Å². The fourth-order valence-electron chi connectivity index (χ4n) is 5.27. The van der Waals surface area contributed by atoms with E-state index in [1.54, 1.807) is 25.8 Å². The van der Waals surface area contributed by atoms with E-state index in [1.165, 1.54) is 5.69 Å². The van der Waals surface area contributed by atoms with E-state index in [0.29, 0.717) is 24.0 Å². The Bertz CT molecular complexity index is 1280. The molecule has 3 heterocycles.